The molecule has 0 saturated heterocycles. The van der Waals surface area contributed by atoms with Gasteiger partial charge in [-0.1, -0.05) is 0 Å². The van der Waals surface area contributed by atoms with Crippen LogP contribution in [0, 0.1) is 10.8 Å². The molecule has 0 heterocycles. The lowest BCUT2D eigenvalue weighted by Gasteiger charge is -2.09. The van der Waals surface area contributed by atoms with Gasteiger partial charge in [0.1, 0.15) is 23.2 Å². The normalized spacial score (nSPS) is 10.3. The van der Waals surface area contributed by atoms with E-state index < -0.39 is 0 Å². The van der Waals surface area contributed by atoms with Gasteiger partial charge in [-0.05, 0) is 87.3 Å². The van der Waals surface area contributed by atoms with Crippen molar-refractivity contribution in [3.05, 3.63) is 59.7 Å². The van der Waals surface area contributed by atoms with Crippen LogP contribution in [0.5, 0.6) is 11.5 Å². The van der Waals surface area contributed by atoms with E-state index in [0.717, 1.165) is 63.4 Å². The summed E-state index contributed by atoms with van der Waals surface area (Å²) in [5.74, 6) is 1.76. The Kier molecular flexibility index (Phi) is 14.3. The largest absolute Gasteiger partial charge is 0.494 e. The third-order valence-corrected chi connectivity index (χ3v) is 4.84. The molecule has 0 radical (unpaired) electrons. The molecular formula is C24H37ClN6O2. The van der Waals surface area contributed by atoms with Gasteiger partial charge in [0.25, 0.3) is 0 Å². The van der Waals surface area contributed by atoms with Crippen LogP contribution in [0.2, 0.25) is 0 Å². The maximum Gasteiger partial charge on any atom is 0.122 e. The van der Waals surface area contributed by atoms with Gasteiger partial charge in [-0.25, -0.2) is 0 Å². The maximum atomic E-state index is 7.38. The first-order valence-corrected chi connectivity index (χ1v) is 11.1. The van der Waals surface area contributed by atoms with E-state index in [1.807, 2.05) is 24.3 Å². The molecule has 0 aliphatic carbocycles. The molecule has 0 aliphatic heterocycles. The second-order valence-corrected chi connectivity index (χ2v) is 7.49. The highest BCUT2D eigenvalue weighted by molar-refractivity contribution is 5.95. The smallest absolute Gasteiger partial charge is 0.122 e. The zero-order valence-electron chi connectivity index (χ0n) is 19.1. The summed E-state index contributed by atoms with van der Waals surface area (Å²) in [6, 6.07) is 14.6. The van der Waals surface area contributed by atoms with Crippen LogP contribution in [0.1, 0.15) is 36.8 Å². The van der Waals surface area contributed by atoms with E-state index in [4.69, 9.17) is 31.8 Å². The standard InChI is InChI=1S/C24H36N6O2.ClH/c25-23(26)19-5-9-21(10-6-19)31-17-3-1-13-29-15-16-30-14-2-4-18-32-22-11-7-20(8-12-22)24(27)28;/h5-12,29-30H,1-4,13-18H2,(H3,25,26)(H3,27,28);1H. The third-order valence-electron chi connectivity index (χ3n) is 4.84. The van der Waals surface area contributed by atoms with E-state index in [-0.39, 0.29) is 24.1 Å². The first-order chi connectivity index (χ1) is 15.6. The van der Waals surface area contributed by atoms with Gasteiger partial charge in [0, 0.05) is 24.2 Å². The predicted molar refractivity (Wildman–Crippen MR) is 137 cm³/mol. The Morgan fingerprint density at radius 1 is 0.606 bits per heavy atom. The number of hydrogen-bond acceptors (Lipinski definition) is 6. The van der Waals surface area contributed by atoms with E-state index >= 15 is 0 Å². The number of halogens is 1. The molecular weight excluding hydrogens is 440 g/mol. The SMILES string of the molecule is Cl.N=C(N)c1ccc(OCCCCNCCNCCCCOc2ccc(C(=N)N)cc2)cc1. The number of ether oxygens (including phenoxy) is 2. The Bertz CT molecular complexity index is 745. The number of amidine groups is 2. The van der Waals surface area contributed by atoms with Crippen LogP contribution in [0.4, 0.5) is 0 Å². The summed E-state index contributed by atoms with van der Waals surface area (Å²) in [5.41, 5.74) is 12.3. The van der Waals surface area contributed by atoms with Crippen molar-refractivity contribution in [1.82, 2.24) is 10.6 Å². The lowest BCUT2D eigenvalue weighted by Crippen LogP contribution is -2.28. The van der Waals surface area contributed by atoms with Crippen LogP contribution >= 0.6 is 12.4 Å². The average Bonchev–Trinajstić information content (AvgIpc) is 2.80. The summed E-state index contributed by atoms with van der Waals surface area (Å²) in [4.78, 5) is 0. The highest BCUT2D eigenvalue weighted by atomic mass is 35.5. The second kappa shape index (κ2) is 16.8. The van der Waals surface area contributed by atoms with Crippen molar-refractivity contribution in [3.63, 3.8) is 0 Å². The van der Waals surface area contributed by atoms with E-state index in [9.17, 15) is 0 Å². The molecule has 0 aliphatic rings. The summed E-state index contributed by atoms with van der Waals surface area (Å²) in [7, 11) is 0. The van der Waals surface area contributed by atoms with Gasteiger partial charge >= 0.3 is 0 Å². The number of nitrogens with one attached hydrogen (secondary N) is 4. The van der Waals surface area contributed by atoms with Crippen LogP contribution < -0.4 is 31.6 Å². The van der Waals surface area contributed by atoms with Crippen molar-refractivity contribution < 1.29 is 9.47 Å². The number of nitrogens with two attached hydrogens (primary N) is 2. The molecule has 2 rings (SSSR count). The highest BCUT2D eigenvalue weighted by Gasteiger charge is 1.99. The molecule has 182 valence electrons. The lowest BCUT2D eigenvalue weighted by molar-refractivity contribution is 0.304. The number of nitrogen functional groups attached to an aromatic ring is 2. The van der Waals surface area contributed by atoms with E-state index in [1.165, 1.54) is 0 Å². The van der Waals surface area contributed by atoms with Gasteiger partial charge in [-0.15, -0.1) is 12.4 Å². The number of unbranched alkanes of at least 4 members (excludes halogenated alkanes) is 2. The highest BCUT2D eigenvalue weighted by Crippen LogP contribution is 2.13. The van der Waals surface area contributed by atoms with Crippen molar-refractivity contribution in [2.45, 2.75) is 25.7 Å². The molecule has 2 aromatic rings. The van der Waals surface area contributed by atoms with Crippen LogP contribution in [0.15, 0.2) is 48.5 Å². The molecule has 0 fully saturated rings. The number of benzene rings is 2. The molecule has 9 heteroatoms. The van der Waals surface area contributed by atoms with Crippen LogP contribution in [-0.4, -0.2) is 51.1 Å². The minimum Gasteiger partial charge on any atom is -0.494 e. The van der Waals surface area contributed by atoms with Crippen molar-refractivity contribution in [2.75, 3.05) is 39.4 Å². The Labute approximate surface area is 202 Å². The molecule has 0 amide bonds. The molecule has 2 aromatic carbocycles. The summed E-state index contributed by atoms with van der Waals surface area (Å²) < 4.78 is 11.4. The van der Waals surface area contributed by atoms with Crippen molar-refractivity contribution in [1.29, 1.82) is 10.8 Å². The third kappa shape index (κ3) is 12.1. The predicted octanol–water partition coefficient (Wildman–Crippen LogP) is 2.87. The van der Waals surface area contributed by atoms with Crippen LogP contribution in [0.25, 0.3) is 0 Å². The molecule has 0 bridgehead atoms. The molecule has 8 N–H and O–H groups in total. The van der Waals surface area contributed by atoms with E-state index in [0.29, 0.717) is 24.3 Å². The summed E-state index contributed by atoms with van der Waals surface area (Å²) in [6.07, 6.45) is 4.12. The van der Waals surface area contributed by atoms with Gasteiger partial charge in [0.05, 0.1) is 13.2 Å². The van der Waals surface area contributed by atoms with Gasteiger partial charge in [0.15, 0.2) is 0 Å². The molecule has 8 nitrogen and oxygen atoms in total. The number of hydrogen-bond donors (Lipinski definition) is 6. The summed E-state index contributed by atoms with van der Waals surface area (Å²) in [5, 5.41) is 21.6. The zero-order valence-corrected chi connectivity index (χ0v) is 19.9. The summed E-state index contributed by atoms with van der Waals surface area (Å²) in [6.45, 7) is 5.22. The van der Waals surface area contributed by atoms with Gasteiger partial charge in [-0.3, -0.25) is 10.8 Å². The quantitative estimate of drug-likeness (QED) is 0.118. The lowest BCUT2D eigenvalue weighted by atomic mass is 10.2. The minimum absolute atomic E-state index is 0. The van der Waals surface area contributed by atoms with E-state index in [2.05, 4.69) is 10.6 Å². The molecule has 0 saturated carbocycles. The Morgan fingerprint density at radius 2 is 0.970 bits per heavy atom. The minimum atomic E-state index is 0. The average molecular weight is 477 g/mol. The van der Waals surface area contributed by atoms with Crippen molar-refractivity contribution in [3.8, 4) is 11.5 Å². The zero-order chi connectivity index (χ0) is 23.0. The van der Waals surface area contributed by atoms with Gasteiger partial charge < -0.3 is 31.6 Å². The molecule has 0 atom stereocenters. The van der Waals surface area contributed by atoms with E-state index in [1.54, 1.807) is 24.3 Å². The fourth-order valence-electron chi connectivity index (χ4n) is 2.97. The molecule has 33 heavy (non-hydrogen) atoms. The fraction of sp³-hybridized carbons (Fsp3) is 0.417. The Balaban J connectivity index is 0.00000544. The van der Waals surface area contributed by atoms with Gasteiger partial charge in [0.2, 0.25) is 0 Å². The van der Waals surface area contributed by atoms with Crippen LogP contribution in [-0.2, 0) is 0 Å². The molecule has 0 aromatic heterocycles. The topological polar surface area (TPSA) is 142 Å². The van der Waals surface area contributed by atoms with Gasteiger partial charge in [-0.2, -0.15) is 0 Å². The monoisotopic (exact) mass is 476 g/mol. The molecule has 0 spiro atoms. The Morgan fingerprint density at radius 3 is 1.30 bits per heavy atom. The first-order valence-electron chi connectivity index (χ1n) is 11.1. The Hall–Kier alpha value is -2.81. The number of rotatable bonds is 17. The van der Waals surface area contributed by atoms with Crippen molar-refractivity contribution >= 4 is 24.1 Å². The maximum absolute atomic E-state index is 7.38. The fourth-order valence-corrected chi connectivity index (χ4v) is 2.97. The van der Waals surface area contributed by atoms with Crippen molar-refractivity contribution in [2.24, 2.45) is 11.5 Å². The first kappa shape index (κ1) is 28.2. The molecule has 0 unspecified atom stereocenters. The summed E-state index contributed by atoms with van der Waals surface area (Å²) >= 11 is 0. The second-order valence-electron chi connectivity index (χ2n) is 7.49. The van der Waals surface area contributed by atoms with Crippen LogP contribution in [0.3, 0.4) is 0 Å².